The summed E-state index contributed by atoms with van der Waals surface area (Å²) in [6, 6.07) is 16.1. The molecule has 4 aromatic carbocycles. The number of para-hydroxylation sites is 2. The van der Waals surface area contributed by atoms with Crippen LogP contribution in [0, 0.1) is 31.9 Å². The summed E-state index contributed by atoms with van der Waals surface area (Å²) in [6.45, 7) is 4.45. The maximum atomic E-state index is 14.0. The number of amides is 1. The normalized spacial score (nSPS) is 13.0. The molecular formula is C35H38Br2F2N6O10S2. The number of nitrogens with two attached hydrogens (primary N) is 1. The van der Waals surface area contributed by atoms with Gasteiger partial charge in [-0.15, -0.1) is 0 Å². The van der Waals surface area contributed by atoms with Gasteiger partial charge in [-0.25, -0.2) is 30.4 Å². The number of alkyl carbamates (subject to hydrolysis) is 1. The van der Waals surface area contributed by atoms with E-state index in [2.05, 4.69) is 37.2 Å². The van der Waals surface area contributed by atoms with Crippen molar-refractivity contribution in [1.29, 1.82) is 0 Å². The Morgan fingerprint density at radius 1 is 0.772 bits per heavy atom. The van der Waals surface area contributed by atoms with Crippen LogP contribution in [-0.4, -0.2) is 74.2 Å². The van der Waals surface area contributed by atoms with Crippen molar-refractivity contribution in [3.05, 3.63) is 137 Å². The van der Waals surface area contributed by atoms with Gasteiger partial charge in [0, 0.05) is 54.3 Å². The lowest BCUT2D eigenvalue weighted by molar-refractivity contribution is -0.388. The van der Waals surface area contributed by atoms with Crippen molar-refractivity contribution in [1.82, 2.24) is 13.9 Å². The first-order chi connectivity index (χ1) is 26.3. The van der Waals surface area contributed by atoms with Gasteiger partial charge in [-0.1, -0.05) is 56.1 Å². The maximum Gasteiger partial charge on any atom is 0.408 e. The quantitative estimate of drug-likeness (QED) is 0.101. The third kappa shape index (κ3) is 13.0. The average Bonchev–Trinajstić information content (AvgIpc) is 3.09. The summed E-state index contributed by atoms with van der Waals surface area (Å²) in [6.07, 6.45) is -0.834. The predicted molar refractivity (Wildman–Crippen MR) is 213 cm³/mol. The second kappa shape index (κ2) is 19.3. The molecule has 0 spiro atoms. The highest BCUT2D eigenvalue weighted by Gasteiger charge is 2.33. The Bertz CT molecular complexity index is 2310. The van der Waals surface area contributed by atoms with E-state index < -0.39 is 86.5 Å². The summed E-state index contributed by atoms with van der Waals surface area (Å²) in [5.41, 5.74) is 4.73. The molecule has 0 aliphatic rings. The summed E-state index contributed by atoms with van der Waals surface area (Å²) >= 11 is 6.32. The monoisotopic (exact) mass is 962 g/mol. The molecule has 2 atom stereocenters. The number of rotatable bonds is 13. The first-order valence-corrected chi connectivity index (χ1v) is 20.9. The van der Waals surface area contributed by atoms with Gasteiger partial charge in [0.1, 0.15) is 17.2 Å². The number of nitro benzene ring substituents is 2. The number of carbonyl (C=O) groups is 1. The molecular weight excluding hydrogens is 926 g/mol. The van der Waals surface area contributed by atoms with Crippen LogP contribution >= 0.6 is 31.9 Å². The molecule has 0 fully saturated rings. The van der Waals surface area contributed by atoms with Crippen LogP contribution < -0.4 is 11.1 Å². The van der Waals surface area contributed by atoms with Crippen molar-refractivity contribution in [2.45, 2.75) is 48.2 Å². The number of nitro groups is 2. The van der Waals surface area contributed by atoms with Crippen molar-refractivity contribution in [3.8, 4) is 0 Å². The van der Waals surface area contributed by atoms with E-state index in [1.165, 1.54) is 62.6 Å². The molecule has 0 unspecified atom stereocenters. The molecule has 1 amide bonds. The molecule has 308 valence electrons. The van der Waals surface area contributed by atoms with Crippen LogP contribution in [0.5, 0.6) is 0 Å². The number of halogens is 4. The van der Waals surface area contributed by atoms with Crippen molar-refractivity contribution in [2.75, 3.05) is 27.2 Å². The van der Waals surface area contributed by atoms with Crippen LogP contribution in [0.3, 0.4) is 0 Å². The van der Waals surface area contributed by atoms with Crippen LogP contribution in [0.15, 0.2) is 104 Å². The molecule has 0 saturated carbocycles. The van der Waals surface area contributed by atoms with Gasteiger partial charge < -0.3 is 15.8 Å². The second-order valence-electron chi connectivity index (χ2n) is 13.2. The van der Waals surface area contributed by atoms with E-state index in [0.717, 1.165) is 38.9 Å². The van der Waals surface area contributed by atoms with Gasteiger partial charge in [0.2, 0.25) is 20.0 Å². The molecule has 0 radical (unpaired) electrons. The van der Waals surface area contributed by atoms with E-state index >= 15 is 0 Å². The lowest BCUT2D eigenvalue weighted by Crippen LogP contribution is -2.41. The van der Waals surface area contributed by atoms with E-state index in [4.69, 9.17) is 10.5 Å². The lowest BCUT2D eigenvalue weighted by Gasteiger charge is -2.27. The van der Waals surface area contributed by atoms with E-state index in [1.54, 1.807) is 26.8 Å². The average molecular weight is 965 g/mol. The van der Waals surface area contributed by atoms with Gasteiger partial charge >= 0.3 is 6.09 Å². The second-order valence-corrected chi connectivity index (χ2v) is 19.1. The Morgan fingerprint density at radius 3 is 1.60 bits per heavy atom. The van der Waals surface area contributed by atoms with Gasteiger partial charge in [0.05, 0.1) is 15.9 Å². The topological polar surface area (TPSA) is 225 Å². The number of hydrogen-bond acceptors (Lipinski definition) is 11. The van der Waals surface area contributed by atoms with E-state index in [9.17, 15) is 50.6 Å². The standard InChI is InChI=1S/C20H23BrFN3O6S.C15H15BrFN3O4S/c1-20(2,3)31-19(26)23-16(13-9-14(21)11-15(22)10-13)12-24(4)32(29,30)18-8-6-5-7-17(18)25(27)28;1-19(9-13(18)10-6-11(16)8-12(17)7-10)25(23,24)15-5-3-2-4-14(15)20(21)22/h5-11,16H,12H2,1-4H3,(H,23,26);2-8,13H,9,18H2,1H3/t16-;13-/m11/s1. The van der Waals surface area contributed by atoms with Crippen LogP contribution in [0.2, 0.25) is 0 Å². The van der Waals surface area contributed by atoms with Crippen LogP contribution in [0.25, 0.3) is 0 Å². The minimum Gasteiger partial charge on any atom is -0.444 e. The first kappa shape index (κ1) is 46.9. The molecule has 57 heavy (non-hydrogen) atoms. The molecule has 4 rings (SSSR count). The maximum absolute atomic E-state index is 14.0. The molecule has 0 heterocycles. The number of likely N-dealkylation sites (N-methyl/N-ethyl adjacent to an activating group) is 2. The number of nitrogens with zero attached hydrogens (tertiary/aromatic N) is 4. The van der Waals surface area contributed by atoms with Gasteiger partial charge in [-0.05, 0) is 80.4 Å². The number of hydrogen-bond donors (Lipinski definition) is 2. The van der Waals surface area contributed by atoms with E-state index in [0.29, 0.717) is 14.5 Å². The number of carbonyl (C=O) groups excluding carboxylic acids is 1. The highest BCUT2D eigenvalue weighted by Crippen LogP contribution is 2.30. The summed E-state index contributed by atoms with van der Waals surface area (Å²) in [5.74, 6) is -1.11. The summed E-state index contributed by atoms with van der Waals surface area (Å²) < 4.78 is 86.8. The Morgan fingerprint density at radius 2 is 1.18 bits per heavy atom. The lowest BCUT2D eigenvalue weighted by atomic mass is 10.1. The van der Waals surface area contributed by atoms with Crippen LogP contribution in [0.4, 0.5) is 25.0 Å². The largest absolute Gasteiger partial charge is 0.444 e. The molecule has 0 bridgehead atoms. The molecule has 0 aliphatic heterocycles. The SMILES string of the molecule is CN(C[C@@H](N)c1cc(F)cc(Br)c1)S(=O)(=O)c1ccccc1[N+](=O)[O-].CN(C[C@@H](NC(=O)OC(C)(C)C)c1cc(F)cc(Br)c1)S(=O)(=O)c1ccccc1[N+](=O)[O-]. The van der Waals surface area contributed by atoms with Crippen molar-refractivity contribution in [3.63, 3.8) is 0 Å². The fourth-order valence-corrected chi connectivity index (χ4v) is 8.73. The zero-order chi connectivity index (χ0) is 43.0. The van der Waals surface area contributed by atoms with Crippen LogP contribution in [-0.2, 0) is 24.8 Å². The highest BCUT2D eigenvalue weighted by atomic mass is 79.9. The van der Waals surface area contributed by atoms with E-state index in [1.807, 2.05) is 0 Å². The predicted octanol–water partition coefficient (Wildman–Crippen LogP) is 7.20. The Balaban J connectivity index is 0.000000315. The molecule has 16 nitrogen and oxygen atoms in total. The fraction of sp³-hybridized carbons (Fsp3) is 0.286. The third-order valence-electron chi connectivity index (χ3n) is 7.69. The summed E-state index contributed by atoms with van der Waals surface area (Å²) in [7, 11) is -5.97. The molecule has 0 aromatic heterocycles. The third-order valence-corrected chi connectivity index (χ3v) is 12.3. The smallest absolute Gasteiger partial charge is 0.408 e. The minimum absolute atomic E-state index is 0.176. The zero-order valence-electron chi connectivity index (χ0n) is 30.9. The van der Waals surface area contributed by atoms with Gasteiger partial charge in [-0.3, -0.25) is 20.2 Å². The first-order valence-electron chi connectivity index (χ1n) is 16.4. The number of nitrogens with one attached hydrogen (secondary N) is 1. The number of ether oxygens (including phenoxy) is 1. The van der Waals surface area contributed by atoms with Gasteiger partial charge in [0.15, 0.2) is 9.79 Å². The number of sulfonamides is 2. The van der Waals surface area contributed by atoms with E-state index in [-0.39, 0.29) is 18.7 Å². The fourth-order valence-electron chi connectivity index (χ4n) is 5.07. The number of benzene rings is 4. The van der Waals surface area contributed by atoms with Gasteiger partial charge in [-0.2, -0.15) is 8.61 Å². The molecule has 22 heteroatoms. The molecule has 3 N–H and O–H groups in total. The summed E-state index contributed by atoms with van der Waals surface area (Å²) in [5, 5.41) is 24.9. The highest BCUT2D eigenvalue weighted by molar-refractivity contribution is 9.10. The van der Waals surface area contributed by atoms with Crippen LogP contribution in [0.1, 0.15) is 44.0 Å². The Labute approximate surface area is 344 Å². The van der Waals surface area contributed by atoms with Crippen molar-refractivity contribution >= 4 is 69.4 Å². The summed E-state index contributed by atoms with van der Waals surface area (Å²) in [4.78, 5) is 32.2. The molecule has 0 aliphatic carbocycles. The van der Waals surface area contributed by atoms with Crippen molar-refractivity contribution < 1.29 is 45.0 Å². The zero-order valence-corrected chi connectivity index (χ0v) is 35.7. The minimum atomic E-state index is -4.31. The van der Waals surface area contributed by atoms with Gasteiger partial charge in [0.25, 0.3) is 11.4 Å². The molecule has 4 aromatic rings. The molecule has 0 saturated heterocycles. The van der Waals surface area contributed by atoms with Crippen molar-refractivity contribution in [2.24, 2.45) is 5.73 Å². The Kier molecular flexibility index (Phi) is 15.9. The Hall–Kier alpha value is -4.45.